The summed E-state index contributed by atoms with van der Waals surface area (Å²) in [6.07, 6.45) is 0.991. The number of nitrogens with two attached hydrogens (primary N) is 1. The van der Waals surface area contributed by atoms with Crippen molar-refractivity contribution in [2.75, 3.05) is 5.73 Å². The summed E-state index contributed by atoms with van der Waals surface area (Å²) in [6.45, 7) is 2.13. The van der Waals surface area contributed by atoms with E-state index in [0.29, 0.717) is 5.02 Å². The molecule has 2 heterocycles. The van der Waals surface area contributed by atoms with Gasteiger partial charge in [-0.25, -0.2) is 4.98 Å². The number of aryl methyl sites for hydroxylation is 2. The van der Waals surface area contributed by atoms with Gasteiger partial charge in [0.1, 0.15) is 5.82 Å². The first kappa shape index (κ1) is 12.5. The molecule has 0 saturated carbocycles. The van der Waals surface area contributed by atoms with Gasteiger partial charge in [-0.15, -0.1) is 11.3 Å². The predicted molar refractivity (Wildman–Crippen MR) is 82.8 cm³/mol. The summed E-state index contributed by atoms with van der Waals surface area (Å²) in [5.74, 6) is 0.894. The van der Waals surface area contributed by atoms with Crippen molar-refractivity contribution >= 4 is 39.0 Å². The Labute approximate surface area is 120 Å². The maximum atomic E-state index is 6.11. The highest BCUT2D eigenvalue weighted by Crippen LogP contribution is 2.35. The molecule has 0 fully saturated rings. The van der Waals surface area contributed by atoms with Crippen LogP contribution in [0.25, 0.3) is 22.4 Å². The van der Waals surface area contributed by atoms with Gasteiger partial charge in [0.2, 0.25) is 0 Å². The van der Waals surface area contributed by atoms with E-state index in [4.69, 9.17) is 17.3 Å². The van der Waals surface area contributed by atoms with E-state index in [0.717, 1.165) is 33.8 Å². The van der Waals surface area contributed by atoms with Crippen LogP contribution in [0.4, 0.5) is 5.00 Å². The molecule has 0 aliphatic rings. The lowest BCUT2D eigenvalue weighted by Gasteiger charge is -2.00. The third-order valence-electron chi connectivity index (χ3n) is 3.24. The van der Waals surface area contributed by atoms with E-state index in [-0.39, 0.29) is 0 Å². The fourth-order valence-electron chi connectivity index (χ4n) is 2.22. The summed E-state index contributed by atoms with van der Waals surface area (Å²) >= 11 is 7.64. The first-order chi connectivity index (χ1) is 9.10. The molecule has 0 atom stereocenters. The molecule has 0 aliphatic carbocycles. The van der Waals surface area contributed by atoms with Crippen LogP contribution in [0.2, 0.25) is 5.02 Å². The number of halogens is 1. The van der Waals surface area contributed by atoms with E-state index in [1.807, 2.05) is 25.2 Å². The van der Waals surface area contributed by atoms with E-state index < -0.39 is 0 Å². The molecule has 2 aromatic heterocycles. The standard InChI is InChI=1S/C14H14ClN3S/c1-3-9-7-10(13(16)19-9)14-17-11-6-8(15)4-5-12(11)18(14)2/h4-7H,3,16H2,1-2H3. The highest BCUT2D eigenvalue weighted by Gasteiger charge is 2.15. The van der Waals surface area contributed by atoms with Crippen molar-refractivity contribution in [2.45, 2.75) is 13.3 Å². The summed E-state index contributed by atoms with van der Waals surface area (Å²) < 4.78 is 2.06. The van der Waals surface area contributed by atoms with Crippen LogP contribution in [-0.4, -0.2) is 9.55 Å². The van der Waals surface area contributed by atoms with Gasteiger partial charge in [-0.3, -0.25) is 0 Å². The second-order valence-corrected chi connectivity index (χ2v) is 6.08. The molecular formula is C14H14ClN3S. The van der Waals surface area contributed by atoms with Gasteiger partial charge in [0, 0.05) is 16.9 Å². The van der Waals surface area contributed by atoms with Gasteiger partial charge in [-0.05, 0) is 30.7 Å². The molecule has 98 valence electrons. The Kier molecular flexibility index (Phi) is 2.99. The van der Waals surface area contributed by atoms with Crippen LogP contribution in [0.5, 0.6) is 0 Å². The molecule has 3 rings (SSSR count). The molecule has 19 heavy (non-hydrogen) atoms. The number of hydrogen-bond acceptors (Lipinski definition) is 3. The molecule has 0 bridgehead atoms. The maximum Gasteiger partial charge on any atom is 0.143 e. The largest absolute Gasteiger partial charge is 0.390 e. The van der Waals surface area contributed by atoms with E-state index >= 15 is 0 Å². The molecule has 0 unspecified atom stereocenters. The maximum absolute atomic E-state index is 6.11. The number of nitrogens with zero attached hydrogens (tertiary/aromatic N) is 2. The summed E-state index contributed by atoms with van der Waals surface area (Å²) in [5.41, 5.74) is 9.07. The Balaban J connectivity index is 2.24. The molecule has 2 N–H and O–H groups in total. The predicted octanol–water partition coefficient (Wildman–Crippen LogP) is 4.10. The molecular weight excluding hydrogens is 278 g/mol. The molecule has 1 aromatic carbocycles. The minimum Gasteiger partial charge on any atom is -0.390 e. The second kappa shape index (κ2) is 4.54. The highest BCUT2D eigenvalue weighted by molar-refractivity contribution is 7.16. The van der Waals surface area contributed by atoms with Gasteiger partial charge in [0.15, 0.2) is 0 Å². The Morgan fingerprint density at radius 3 is 2.84 bits per heavy atom. The van der Waals surface area contributed by atoms with Gasteiger partial charge in [-0.2, -0.15) is 0 Å². The van der Waals surface area contributed by atoms with Crippen molar-refractivity contribution < 1.29 is 0 Å². The van der Waals surface area contributed by atoms with Crippen LogP contribution in [-0.2, 0) is 13.5 Å². The fourth-order valence-corrected chi connectivity index (χ4v) is 3.25. The molecule has 0 saturated heterocycles. The molecule has 3 nitrogen and oxygen atoms in total. The summed E-state index contributed by atoms with van der Waals surface area (Å²) in [7, 11) is 2.00. The van der Waals surface area contributed by atoms with E-state index in [2.05, 4.69) is 22.5 Å². The number of anilines is 1. The number of rotatable bonds is 2. The minimum absolute atomic E-state index is 0.699. The smallest absolute Gasteiger partial charge is 0.143 e. The van der Waals surface area contributed by atoms with Crippen molar-refractivity contribution in [3.8, 4) is 11.4 Å². The quantitative estimate of drug-likeness (QED) is 0.772. The van der Waals surface area contributed by atoms with Crippen LogP contribution in [0.1, 0.15) is 11.8 Å². The van der Waals surface area contributed by atoms with Gasteiger partial charge in [0.05, 0.1) is 21.6 Å². The number of hydrogen-bond donors (Lipinski definition) is 1. The van der Waals surface area contributed by atoms with Gasteiger partial charge in [0.25, 0.3) is 0 Å². The lowest BCUT2D eigenvalue weighted by atomic mass is 10.2. The molecule has 0 aliphatic heterocycles. The van der Waals surface area contributed by atoms with E-state index in [9.17, 15) is 0 Å². The zero-order chi connectivity index (χ0) is 13.6. The molecule has 5 heteroatoms. The molecule has 0 amide bonds. The first-order valence-electron chi connectivity index (χ1n) is 6.10. The van der Waals surface area contributed by atoms with Crippen molar-refractivity contribution in [2.24, 2.45) is 7.05 Å². The fraction of sp³-hybridized carbons (Fsp3) is 0.214. The monoisotopic (exact) mass is 291 g/mol. The van der Waals surface area contributed by atoms with Crippen molar-refractivity contribution in [1.29, 1.82) is 0 Å². The van der Waals surface area contributed by atoms with Gasteiger partial charge < -0.3 is 10.3 Å². The Morgan fingerprint density at radius 2 is 2.16 bits per heavy atom. The SMILES string of the molecule is CCc1cc(-c2nc3cc(Cl)ccc3n2C)c(N)s1. The van der Waals surface area contributed by atoms with Crippen molar-refractivity contribution in [3.05, 3.63) is 34.2 Å². The Bertz CT molecular complexity index is 757. The van der Waals surface area contributed by atoms with Gasteiger partial charge >= 0.3 is 0 Å². The first-order valence-corrected chi connectivity index (χ1v) is 7.30. The number of imidazole rings is 1. The average molecular weight is 292 g/mol. The zero-order valence-electron chi connectivity index (χ0n) is 10.8. The number of nitrogen functional groups attached to an aromatic ring is 1. The zero-order valence-corrected chi connectivity index (χ0v) is 12.3. The summed E-state index contributed by atoms with van der Waals surface area (Å²) in [5, 5.41) is 1.52. The second-order valence-electron chi connectivity index (χ2n) is 4.47. The van der Waals surface area contributed by atoms with Crippen molar-refractivity contribution in [1.82, 2.24) is 9.55 Å². The third-order valence-corrected chi connectivity index (χ3v) is 4.59. The van der Waals surface area contributed by atoms with Crippen LogP contribution in [0, 0.1) is 0 Å². The van der Waals surface area contributed by atoms with Gasteiger partial charge in [-0.1, -0.05) is 18.5 Å². The Morgan fingerprint density at radius 1 is 1.37 bits per heavy atom. The van der Waals surface area contributed by atoms with Crippen LogP contribution in [0.15, 0.2) is 24.3 Å². The normalized spacial score (nSPS) is 11.3. The molecule has 0 radical (unpaired) electrons. The molecule has 0 spiro atoms. The lowest BCUT2D eigenvalue weighted by molar-refractivity contribution is 0.960. The van der Waals surface area contributed by atoms with E-state index in [1.54, 1.807) is 11.3 Å². The minimum atomic E-state index is 0.699. The van der Waals surface area contributed by atoms with E-state index in [1.165, 1.54) is 4.88 Å². The summed E-state index contributed by atoms with van der Waals surface area (Å²) in [4.78, 5) is 5.93. The lowest BCUT2D eigenvalue weighted by Crippen LogP contribution is -1.93. The average Bonchev–Trinajstić information content (AvgIpc) is 2.90. The number of aromatic nitrogens is 2. The van der Waals surface area contributed by atoms with Crippen molar-refractivity contribution in [3.63, 3.8) is 0 Å². The molecule has 3 aromatic rings. The third kappa shape index (κ3) is 2.01. The van der Waals surface area contributed by atoms with Crippen LogP contribution >= 0.6 is 22.9 Å². The number of thiophene rings is 1. The van der Waals surface area contributed by atoms with Crippen LogP contribution < -0.4 is 5.73 Å². The van der Waals surface area contributed by atoms with Crippen LogP contribution in [0.3, 0.4) is 0 Å². The highest BCUT2D eigenvalue weighted by atomic mass is 35.5. The summed E-state index contributed by atoms with van der Waals surface area (Å²) in [6, 6.07) is 7.87. The topological polar surface area (TPSA) is 43.8 Å². The Hall–Kier alpha value is -1.52. The number of benzene rings is 1. The number of fused-ring (bicyclic) bond motifs is 1.